The molecule has 0 fully saturated rings. The molecule has 0 amide bonds. The SMILES string of the molecule is Cc1ncc2c(n1)CCN(Cc1ccc(-c3ccsc3)o1)C2. The Morgan fingerprint density at radius 2 is 2.27 bits per heavy atom. The third-order valence-electron chi connectivity index (χ3n) is 3.98. The Bertz CT molecular complexity index is 779. The lowest BCUT2D eigenvalue weighted by Crippen LogP contribution is -2.30. The van der Waals surface area contributed by atoms with Crippen LogP contribution in [-0.4, -0.2) is 21.4 Å². The summed E-state index contributed by atoms with van der Waals surface area (Å²) in [6.07, 6.45) is 2.94. The first-order chi connectivity index (χ1) is 10.8. The van der Waals surface area contributed by atoms with Gasteiger partial charge in [0.1, 0.15) is 17.3 Å². The summed E-state index contributed by atoms with van der Waals surface area (Å²) in [5.41, 5.74) is 3.59. The van der Waals surface area contributed by atoms with Crippen molar-refractivity contribution in [3.63, 3.8) is 0 Å². The molecule has 5 heteroatoms. The molecule has 0 bridgehead atoms. The van der Waals surface area contributed by atoms with Gasteiger partial charge in [0.2, 0.25) is 0 Å². The van der Waals surface area contributed by atoms with Crippen LogP contribution in [0.1, 0.15) is 22.8 Å². The summed E-state index contributed by atoms with van der Waals surface area (Å²) in [6.45, 7) is 4.68. The highest BCUT2D eigenvalue weighted by molar-refractivity contribution is 7.08. The second kappa shape index (κ2) is 5.66. The standard InChI is InChI=1S/C17H17N3OS/c1-12-18-8-14-9-20(6-4-16(14)19-12)10-15-2-3-17(21-15)13-5-7-22-11-13/h2-3,5,7-8,11H,4,6,9-10H2,1H3. The van der Waals surface area contributed by atoms with E-state index < -0.39 is 0 Å². The minimum Gasteiger partial charge on any atom is -0.460 e. The Morgan fingerprint density at radius 3 is 3.14 bits per heavy atom. The maximum atomic E-state index is 5.97. The molecule has 0 aliphatic carbocycles. The molecule has 1 aliphatic rings. The van der Waals surface area contributed by atoms with Gasteiger partial charge in [-0.2, -0.15) is 11.3 Å². The second-order valence-electron chi connectivity index (χ2n) is 5.63. The van der Waals surface area contributed by atoms with Crippen LogP contribution in [0.4, 0.5) is 0 Å². The average molecular weight is 311 g/mol. The first-order valence-corrected chi connectivity index (χ1v) is 8.37. The predicted octanol–water partition coefficient (Wildman–Crippen LogP) is 3.66. The molecule has 0 atom stereocenters. The lowest BCUT2D eigenvalue weighted by Gasteiger charge is -2.27. The third kappa shape index (κ3) is 2.69. The number of aryl methyl sites for hydroxylation is 1. The quantitative estimate of drug-likeness (QED) is 0.740. The summed E-state index contributed by atoms with van der Waals surface area (Å²) in [4.78, 5) is 11.2. The Kier molecular flexibility index (Phi) is 3.52. The van der Waals surface area contributed by atoms with E-state index in [1.54, 1.807) is 11.3 Å². The van der Waals surface area contributed by atoms with Crippen LogP contribution < -0.4 is 0 Å². The zero-order chi connectivity index (χ0) is 14.9. The monoisotopic (exact) mass is 311 g/mol. The van der Waals surface area contributed by atoms with Crippen molar-refractivity contribution in [3.05, 3.63) is 58.0 Å². The largest absolute Gasteiger partial charge is 0.460 e. The van der Waals surface area contributed by atoms with Gasteiger partial charge in [-0.25, -0.2) is 9.97 Å². The molecule has 0 saturated carbocycles. The summed E-state index contributed by atoms with van der Waals surface area (Å²) in [7, 11) is 0. The fourth-order valence-electron chi connectivity index (χ4n) is 2.85. The van der Waals surface area contributed by atoms with Crippen molar-refractivity contribution >= 4 is 11.3 Å². The van der Waals surface area contributed by atoms with Gasteiger partial charge in [-0.3, -0.25) is 4.90 Å². The van der Waals surface area contributed by atoms with Gasteiger partial charge in [0, 0.05) is 47.9 Å². The first-order valence-electron chi connectivity index (χ1n) is 7.43. The predicted molar refractivity (Wildman–Crippen MR) is 86.6 cm³/mol. The van der Waals surface area contributed by atoms with Gasteiger partial charge in [0.25, 0.3) is 0 Å². The van der Waals surface area contributed by atoms with E-state index in [2.05, 4.69) is 43.8 Å². The van der Waals surface area contributed by atoms with Crippen LogP contribution in [0.5, 0.6) is 0 Å². The van der Waals surface area contributed by atoms with Crippen LogP contribution in [0.3, 0.4) is 0 Å². The smallest absolute Gasteiger partial charge is 0.135 e. The van der Waals surface area contributed by atoms with E-state index >= 15 is 0 Å². The lowest BCUT2D eigenvalue weighted by molar-refractivity contribution is 0.224. The number of thiophene rings is 1. The summed E-state index contributed by atoms with van der Waals surface area (Å²) >= 11 is 1.69. The van der Waals surface area contributed by atoms with E-state index in [4.69, 9.17) is 4.42 Å². The Labute approximate surface area is 133 Å². The molecule has 0 spiro atoms. The fraction of sp³-hybridized carbons (Fsp3) is 0.294. The van der Waals surface area contributed by atoms with Gasteiger partial charge in [-0.15, -0.1) is 0 Å². The van der Waals surface area contributed by atoms with Gasteiger partial charge in [-0.05, 0) is 30.5 Å². The molecule has 1 aliphatic heterocycles. The maximum Gasteiger partial charge on any atom is 0.135 e. The summed E-state index contributed by atoms with van der Waals surface area (Å²) in [5, 5.41) is 4.18. The van der Waals surface area contributed by atoms with Crippen molar-refractivity contribution in [1.82, 2.24) is 14.9 Å². The Morgan fingerprint density at radius 1 is 1.32 bits per heavy atom. The van der Waals surface area contributed by atoms with Crippen molar-refractivity contribution in [2.45, 2.75) is 26.4 Å². The number of nitrogens with zero attached hydrogens (tertiary/aromatic N) is 3. The van der Waals surface area contributed by atoms with E-state index in [9.17, 15) is 0 Å². The zero-order valence-electron chi connectivity index (χ0n) is 12.5. The van der Waals surface area contributed by atoms with E-state index in [0.717, 1.165) is 49.0 Å². The fourth-order valence-corrected chi connectivity index (χ4v) is 3.50. The summed E-state index contributed by atoms with van der Waals surface area (Å²) < 4.78 is 5.97. The van der Waals surface area contributed by atoms with E-state index in [0.29, 0.717) is 0 Å². The van der Waals surface area contributed by atoms with Crippen molar-refractivity contribution < 1.29 is 4.42 Å². The Hall–Kier alpha value is -1.98. The molecule has 4 nitrogen and oxygen atoms in total. The van der Waals surface area contributed by atoms with Crippen LogP contribution in [0.25, 0.3) is 11.3 Å². The highest BCUT2D eigenvalue weighted by atomic mass is 32.1. The van der Waals surface area contributed by atoms with Gasteiger partial charge in [-0.1, -0.05) is 0 Å². The summed E-state index contributed by atoms with van der Waals surface area (Å²) in [6, 6.07) is 6.22. The molecule has 3 aromatic rings. The number of hydrogen-bond donors (Lipinski definition) is 0. The van der Waals surface area contributed by atoms with Crippen LogP contribution >= 0.6 is 11.3 Å². The molecule has 3 aromatic heterocycles. The highest BCUT2D eigenvalue weighted by Gasteiger charge is 2.19. The molecule has 4 heterocycles. The minimum atomic E-state index is 0.831. The van der Waals surface area contributed by atoms with E-state index in [1.807, 2.05) is 13.1 Å². The average Bonchev–Trinajstić information content (AvgIpc) is 3.18. The van der Waals surface area contributed by atoms with Gasteiger partial charge < -0.3 is 4.42 Å². The number of hydrogen-bond acceptors (Lipinski definition) is 5. The number of fused-ring (bicyclic) bond motifs is 1. The van der Waals surface area contributed by atoms with E-state index in [1.165, 1.54) is 11.3 Å². The molecule has 0 saturated heterocycles. The van der Waals surface area contributed by atoms with Crippen LogP contribution in [0.2, 0.25) is 0 Å². The molecular formula is C17H17N3OS. The second-order valence-corrected chi connectivity index (χ2v) is 6.41. The molecule has 0 aromatic carbocycles. The number of aromatic nitrogens is 2. The minimum absolute atomic E-state index is 0.831. The van der Waals surface area contributed by atoms with Crippen molar-refractivity contribution in [2.24, 2.45) is 0 Å². The van der Waals surface area contributed by atoms with Crippen LogP contribution in [-0.2, 0) is 19.5 Å². The topological polar surface area (TPSA) is 42.2 Å². The number of furan rings is 1. The highest BCUT2D eigenvalue weighted by Crippen LogP contribution is 2.26. The van der Waals surface area contributed by atoms with Crippen molar-refractivity contribution in [2.75, 3.05) is 6.54 Å². The molecule has 0 radical (unpaired) electrons. The van der Waals surface area contributed by atoms with Crippen LogP contribution in [0.15, 0.2) is 39.6 Å². The maximum absolute atomic E-state index is 5.97. The summed E-state index contributed by atoms with van der Waals surface area (Å²) in [5.74, 6) is 2.82. The molecular weight excluding hydrogens is 294 g/mol. The zero-order valence-corrected chi connectivity index (χ0v) is 13.3. The van der Waals surface area contributed by atoms with E-state index in [-0.39, 0.29) is 0 Å². The molecule has 0 N–H and O–H groups in total. The van der Waals surface area contributed by atoms with Crippen molar-refractivity contribution in [1.29, 1.82) is 0 Å². The number of rotatable bonds is 3. The molecule has 112 valence electrons. The van der Waals surface area contributed by atoms with Gasteiger partial charge in [0.05, 0.1) is 6.54 Å². The molecule has 22 heavy (non-hydrogen) atoms. The van der Waals surface area contributed by atoms with Crippen molar-refractivity contribution in [3.8, 4) is 11.3 Å². The normalized spacial score (nSPS) is 15.0. The van der Waals surface area contributed by atoms with Gasteiger partial charge >= 0.3 is 0 Å². The Balaban J connectivity index is 1.47. The first kappa shape index (κ1) is 13.7. The molecule has 4 rings (SSSR count). The van der Waals surface area contributed by atoms with Gasteiger partial charge in [0.15, 0.2) is 0 Å². The lowest BCUT2D eigenvalue weighted by atomic mass is 10.1. The third-order valence-corrected chi connectivity index (χ3v) is 4.66. The molecule has 0 unspecified atom stereocenters. The van der Waals surface area contributed by atoms with Crippen LogP contribution in [0, 0.1) is 6.92 Å².